The van der Waals surface area contributed by atoms with Gasteiger partial charge < -0.3 is 9.64 Å². The molecule has 0 heterocycles. The number of nitrogens with zero attached hydrogens (tertiary/aromatic N) is 1. The van der Waals surface area contributed by atoms with Crippen LogP contribution in [0, 0.1) is 0 Å². The number of hydrogen-bond acceptors (Lipinski definition) is 3. The van der Waals surface area contributed by atoms with E-state index in [1.54, 1.807) is 0 Å². The summed E-state index contributed by atoms with van der Waals surface area (Å²) in [7, 11) is 3.77. The molecule has 0 bridgehead atoms. The number of rotatable bonds is 6. The van der Waals surface area contributed by atoms with E-state index in [-0.39, 0.29) is 5.78 Å². The minimum atomic E-state index is 0.132. The van der Waals surface area contributed by atoms with Crippen molar-refractivity contribution in [2.45, 2.75) is 13.3 Å². The summed E-state index contributed by atoms with van der Waals surface area (Å²) in [5.74, 6) is 0.954. The number of carbonyl (C=O) groups excluding carboxylic acids is 1. The molecule has 0 unspecified atom stereocenters. The summed E-state index contributed by atoms with van der Waals surface area (Å²) < 4.78 is 5.45. The molecule has 1 rings (SSSR count). The molecule has 0 saturated heterocycles. The minimum absolute atomic E-state index is 0.132. The van der Waals surface area contributed by atoms with Crippen LogP contribution in [0.1, 0.15) is 23.7 Å². The predicted octanol–water partition coefficient (Wildman–Crippen LogP) is 2.22. The quantitative estimate of drug-likeness (QED) is 0.690. The number of ether oxygens (including phenoxy) is 1. The Morgan fingerprint density at radius 1 is 1.25 bits per heavy atom. The van der Waals surface area contributed by atoms with Gasteiger partial charge in [0.05, 0.1) is 13.2 Å². The molecule has 16 heavy (non-hydrogen) atoms. The largest absolute Gasteiger partial charge is 0.494 e. The van der Waals surface area contributed by atoms with Crippen molar-refractivity contribution >= 4 is 5.78 Å². The molecule has 0 aliphatic carbocycles. The lowest BCUT2D eigenvalue weighted by atomic mass is 10.1. The summed E-state index contributed by atoms with van der Waals surface area (Å²) in [6.07, 6.45) is 0.987. The molecule has 1 aromatic carbocycles. The average Bonchev–Trinajstić information content (AvgIpc) is 2.26. The molecular weight excluding hydrogens is 202 g/mol. The maximum atomic E-state index is 11.7. The summed E-state index contributed by atoms with van der Waals surface area (Å²) in [5.41, 5.74) is 0.734. The Bertz CT molecular complexity index is 330. The van der Waals surface area contributed by atoms with Crippen LogP contribution in [0.5, 0.6) is 5.75 Å². The fourth-order valence-electron chi connectivity index (χ4n) is 1.34. The molecular formula is C13H19NO2. The number of benzene rings is 1. The van der Waals surface area contributed by atoms with Crippen LogP contribution >= 0.6 is 0 Å². The molecule has 0 spiro atoms. The topological polar surface area (TPSA) is 29.5 Å². The molecule has 0 saturated carbocycles. The van der Waals surface area contributed by atoms with Gasteiger partial charge in [-0.3, -0.25) is 4.79 Å². The second-order valence-corrected chi connectivity index (χ2v) is 4.03. The average molecular weight is 221 g/mol. The summed E-state index contributed by atoms with van der Waals surface area (Å²) >= 11 is 0. The van der Waals surface area contributed by atoms with Gasteiger partial charge in [-0.05, 0) is 44.8 Å². The molecule has 0 N–H and O–H groups in total. The molecule has 3 nitrogen and oxygen atoms in total. The predicted molar refractivity (Wildman–Crippen MR) is 65.1 cm³/mol. The Morgan fingerprint density at radius 2 is 1.88 bits per heavy atom. The minimum Gasteiger partial charge on any atom is -0.494 e. The third-order valence-corrected chi connectivity index (χ3v) is 2.11. The van der Waals surface area contributed by atoms with Crippen molar-refractivity contribution in [3.8, 4) is 5.75 Å². The van der Waals surface area contributed by atoms with Gasteiger partial charge in [0.15, 0.2) is 5.78 Å². The van der Waals surface area contributed by atoms with Crippen LogP contribution in [-0.4, -0.2) is 37.9 Å². The maximum absolute atomic E-state index is 11.7. The summed E-state index contributed by atoms with van der Waals surface area (Å²) in [4.78, 5) is 13.6. The van der Waals surface area contributed by atoms with Crippen molar-refractivity contribution in [1.82, 2.24) is 4.90 Å². The highest BCUT2D eigenvalue weighted by molar-refractivity contribution is 5.97. The van der Waals surface area contributed by atoms with E-state index in [1.807, 2.05) is 43.3 Å². The fourth-order valence-corrected chi connectivity index (χ4v) is 1.34. The number of likely N-dealkylation sites (N-methyl/N-ethyl adjacent to an activating group) is 1. The Kier molecular flexibility index (Phi) is 4.99. The Labute approximate surface area is 97.0 Å². The number of Topliss-reactive ketones (excluding diaryl/α,β-unsaturated/α-hetero) is 1. The van der Waals surface area contributed by atoms with Gasteiger partial charge in [0, 0.05) is 5.56 Å². The smallest absolute Gasteiger partial charge is 0.176 e. The van der Waals surface area contributed by atoms with Gasteiger partial charge in [0.25, 0.3) is 0 Å². The third-order valence-electron chi connectivity index (χ3n) is 2.11. The van der Waals surface area contributed by atoms with Gasteiger partial charge in [-0.25, -0.2) is 0 Å². The standard InChI is InChI=1S/C13H19NO2/c1-4-9-16-12-7-5-11(6-8-12)13(15)10-14(2)3/h5-8H,4,9-10H2,1-3H3. The van der Waals surface area contributed by atoms with Crippen molar-refractivity contribution < 1.29 is 9.53 Å². The molecule has 88 valence electrons. The van der Waals surface area contributed by atoms with E-state index >= 15 is 0 Å². The van der Waals surface area contributed by atoms with Gasteiger partial charge >= 0.3 is 0 Å². The molecule has 0 radical (unpaired) electrons. The monoisotopic (exact) mass is 221 g/mol. The van der Waals surface area contributed by atoms with Crippen LogP contribution in [-0.2, 0) is 0 Å². The molecule has 0 fully saturated rings. The second-order valence-electron chi connectivity index (χ2n) is 4.03. The molecule has 1 aromatic rings. The van der Waals surface area contributed by atoms with E-state index in [4.69, 9.17) is 4.74 Å². The van der Waals surface area contributed by atoms with E-state index in [2.05, 4.69) is 6.92 Å². The fraction of sp³-hybridized carbons (Fsp3) is 0.462. The first kappa shape index (κ1) is 12.7. The zero-order valence-electron chi connectivity index (χ0n) is 10.2. The van der Waals surface area contributed by atoms with Gasteiger partial charge in [0.1, 0.15) is 5.75 Å². The summed E-state index contributed by atoms with van der Waals surface area (Å²) in [5, 5.41) is 0. The summed E-state index contributed by atoms with van der Waals surface area (Å²) in [6.45, 7) is 3.22. The number of ketones is 1. The van der Waals surface area contributed by atoms with Crippen molar-refractivity contribution in [2.24, 2.45) is 0 Å². The Morgan fingerprint density at radius 3 is 2.38 bits per heavy atom. The SMILES string of the molecule is CCCOc1ccc(C(=O)CN(C)C)cc1. The highest BCUT2D eigenvalue weighted by atomic mass is 16.5. The molecule has 0 atom stereocenters. The number of hydrogen-bond donors (Lipinski definition) is 0. The number of carbonyl (C=O) groups is 1. The van der Waals surface area contributed by atoms with E-state index in [0.29, 0.717) is 13.2 Å². The highest BCUT2D eigenvalue weighted by Crippen LogP contribution is 2.12. The lowest BCUT2D eigenvalue weighted by Gasteiger charge is -2.09. The van der Waals surface area contributed by atoms with Crippen LogP contribution < -0.4 is 4.74 Å². The zero-order valence-corrected chi connectivity index (χ0v) is 10.2. The lowest BCUT2D eigenvalue weighted by Crippen LogP contribution is -2.21. The van der Waals surface area contributed by atoms with Crippen LogP contribution in [0.25, 0.3) is 0 Å². The summed E-state index contributed by atoms with van der Waals surface area (Å²) in [6, 6.07) is 7.32. The van der Waals surface area contributed by atoms with E-state index < -0.39 is 0 Å². The van der Waals surface area contributed by atoms with Crippen LogP contribution in [0.15, 0.2) is 24.3 Å². The maximum Gasteiger partial charge on any atom is 0.176 e. The Balaban J connectivity index is 2.60. The van der Waals surface area contributed by atoms with Crippen molar-refractivity contribution in [1.29, 1.82) is 0 Å². The third kappa shape index (κ3) is 4.03. The van der Waals surface area contributed by atoms with Crippen molar-refractivity contribution in [3.63, 3.8) is 0 Å². The van der Waals surface area contributed by atoms with Gasteiger partial charge in [0.2, 0.25) is 0 Å². The van der Waals surface area contributed by atoms with Gasteiger partial charge in [-0.2, -0.15) is 0 Å². The molecule has 0 aliphatic rings. The van der Waals surface area contributed by atoms with Crippen LogP contribution in [0.2, 0.25) is 0 Å². The van der Waals surface area contributed by atoms with Crippen LogP contribution in [0.3, 0.4) is 0 Å². The van der Waals surface area contributed by atoms with Gasteiger partial charge in [-0.1, -0.05) is 6.92 Å². The Hall–Kier alpha value is -1.35. The van der Waals surface area contributed by atoms with E-state index in [0.717, 1.165) is 17.7 Å². The first-order valence-electron chi connectivity index (χ1n) is 5.54. The molecule has 3 heteroatoms. The van der Waals surface area contributed by atoms with Crippen LogP contribution in [0.4, 0.5) is 0 Å². The zero-order chi connectivity index (χ0) is 12.0. The lowest BCUT2D eigenvalue weighted by molar-refractivity contribution is 0.0958. The highest BCUT2D eigenvalue weighted by Gasteiger charge is 2.06. The van der Waals surface area contributed by atoms with Crippen molar-refractivity contribution in [2.75, 3.05) is 27.2 Å². The van der Waals surface area contributed by atoms with E-state index in [1.165, 1.54) is 0 Å². The van der Waals surface area contributed by atoms with Crippen molar-refractivity contribution in [3.05, 3.63) is 29.8 Å². The molecule has 0 aromatic heterocycles. The second kappa shape index (κ2) is 6.28. The first-order valence-corrected chi connectivity index (χ1v) is 5.54. The van der Waals surface area contributed by atoms with Gasteiger partial charge in [-0.15, -0.1) is 0 Å². The molecule has 0 amide bonds. The molecule has 0 aliphatic heterocycles. The normalized spacial score (nSPS) is 10.5. The van der Waals surface area contributed by atoms with E-state index in [9.17, 15) is 4.79 Å². The first-order chi connectivity index (χ1) is 7.63.